The van der Waals surface area contributed by atoms with E-state index in [1.165, 1.54) is 11.3 Å². The monoisotopic (exact) mass is 225 g/mol. The van der Waals surface area contributed by atoms with Gasteiger partial charge in [-0.25, -0.2) is 4.98 Å². The van der Waals surface area contributed by atoms with Crippen LogP contribution < -0.4 is 0 Å². The highest BCUT2D eigenvalue weighted by atomic mass is 32.1. The standard InChI is InChI=1S/C10H11NO3S/c12-7-1-3-10(4-2-7,9(13)14)8-11-5-6-15-8/h5-6H,1-4H2,(H,13,14). The molecule has 5 heteroatoms. The molecule has 0 radical (unpaired) electrons. The number of carbonyl (C=O) groups excluding carboxylic acids is 1. The third-order valence-electron chi connectivity index (χ3n) is 2.91. The lowest BCUT2D eigenvalue weighted by atomic mass is 9.74. The highest BCUT2D eigenvalue weighted by Crippen LogP contribution is 2.39. The van der Waals surface area contributed by atoms with Crippen molar-refractivity contribution in [2.75, 3.05) is 0 Å². The molecule has 0 aromatic carbocycles. The molecule has 0 unspecified atom stereocenters. The molecule has 1 aliphatic carbocycles. The van der Waals surface area contributed by atoms with Crippen molar-refractivity contribution in [3.05, 3.63) is 16.6 Å². The van der Waals surface area contributed by atoms with E-state index in [1.54, 1.807) is 11.6 Å². The van der Waals surface area contributed by atoms with Crippen molar-refractivity contribution in [3.8, 4) is 0 Å². The fraction of sp³-hybridized carbons (Fsp3) is 0.500. The maximum atomic E-state index is 11.3. The maximum absolute atomic E-state index is 11.3. The highest BCUT2D eigenvalue weighted by molar-refractivity contribution is 7.09. The first-order valence-corrected chi connectivity index (χ1v) is 5.68. The molecule has 0 bridgehead atoms. The average molecular weight is 225 g/mol. The predicted octanol–water partition coefficient (Wildman–Crippen LogP) is 1.61. The number of carbonyl (C=O) groups is 2. The molecule has 80 valence electrons. The quantitative estimate of drug-likeness (QED) is 0.830. The molecular weight excluding hydrogens is 214 g/mol. The van der Waals surface area contributed by atoms with Crippen molar-refractivity contribution in [1.29, 1.82) is 0 Å². The highest BCUT2D eigenvalue weighted by Gasteiger charge is 2.45. The Labute approximate surface area is 91.0 Å². The summed E-state index contributed by atoms with van der Waals surface area (Å²) in [5.41, 5.74) is -0.915. The SMILES string of the molecule is O=C1CCC(C(=O)O)(c2nccs2)CC1. The smallest absolute Gasteiger partial charge is 0.316 e. The third kappa shape index (κ3) is 1.67. The summed E-state index contributed by atoms with van der Waals surface area (Å²) in [7, 11) is 0. The Balaban J connectivity index is 2.34. The summed E-state index contributed by atoms with van der Waals surface area (Å²) < 4.78 is 0. The Kier molecular flexibility index (Phi) is 2.56. The summed E-state index contributed by atoms with van der Waals surface area (Å²) in [6.07, 6.45) is 3.09. The number of aliphatic carboxylic acids is 1. The van der Waals surface area contributed by atoms with Crippen LogP contribution >= 0.6 is 11.3 Å². The fourth-order valence-corrected chi connectivity index (χ4v) is 2.82. The molecule has 15 heavy (non-hydrogen) atoms. The first-order valence-electron chi connectivity index (χ1n) is 4.80. The number of thiazole rings is 1. The minimum Gasteiger partial charge on any atom is -0.481 e. The Hall–Kier alpha value is -1.23. The van der Waals surface area contributed by atoms with E-state index in [0.717, 1.165) is 0 Å². The number of Topliss-reactive ketones (excluding diaryl/α,β-unsaturated/α-hetero) is 1. The van der Waals surface area contributed by atoms with Gasteiger partial charge >= 0.3 is 5.97 Å². The molecule has 0 saturated heterocycles. The number of rotatable bonds is 2. The molecule has 0 spiro atoms. The molecule has 0 aliphatic heterocycles. The van der Waals surface area contributed by atoms with Crippen LogP contribution in [0.2, 0.25) is 0 Å². The molecule has 1 aliphatic rings. The molecule has 4 nitrogen and oxygen atoms in total. The summed E-state index contributed by atoms with van der Waals surface area (Å²) >= 11 is 1.35. The predicted molar refractivity (Wildman–Crippen MR) is 54.9 cm³/mol. The molecule has 0 amide bonds. The van der Waals surface area contributed by atoms with Gasteiger partial charge in [-0.3, -0.25) is 9.59 Å². The van der Waals surface area contributed by atoms with Crippen molar-refractivity contribution >= 4 is 23.1 Å². The summed E-state index contributed by atoms with van der Waals surface area (Å²) in [4.78, 5) is 26.6. The van der Waals surface area contributed by atoms with Crippen molar-refractivity contribution < 1.29 is 14.7 Å². The number of carboxylic acids is 1. The topological polar surface area (TPSA) is 67.3 Å². The number of nitrogens with zero attached hydrogens (tertiary/aromatic N) is 1. The van der Waals surface area contributed by atoms with Crippen LogP contribution in [0, 0.1) is 0 Å². The molecule has 2 rings (SSSR count). The second-order valence-corrected chi connectivity index (χ2v) is 4.66. The van der Waals surface area contributed by atoms with Crippen molar-refractivity contribution in [3.63, 3.8) is 0 Å². The van der Waals surface area contributed by atoms with Gasteiger partial charge in [0.1, 0.15) is 16.2 Å². The molecule has 1 heterocycles. The van der Waals surface area contributed by atoms with Gasteiger partial charge in [0.2, 0.25) is 0 Å². The van der Waals surface area contributed by atoms with E-state index in [9.17, 15) is 14.7 Å². The van der Waals surface area contributed by atoms with E-state index >= 15 is 0 Å². The number of hydrogen-bond acceptors (Lipinski definition) is 4. The lowest BCUT2D eigenvalue weighted by molar-refractivity contribution is -0.146. The van der Waals surface area contributed by atoms with E-state index < -0.39 is 11.4 Å². The van der Waals surface area contributed by atoms with Crippen molar-refractivity contribution in [2.24, 2.45) is 0 Å². The van der Waals surface area contributed by atoms with Gasteiger partial charge in [0, 0.05) is 24.4 Å². The molecule has 1 saturated carbocycles. The third-order valence-corrected chi connectivity index (χ3v) is 3.89. The zero-order valence-corrected chi connectivity index (χ0v) is 8.92. The number of ketones is 1. The zero-order chi connectivity index (χ0) is 10.9. The molecule has 0 atom stereocenters. The van der Waals surface area contributed by atoms with Gasteiger partial charge in [-0.1, -0.05) is 0 Å². The van der Waals surface area contributed by atoms with Crippen LogP contribution in [0.1, 0.15) is 30.7 Å². The van der Waals surface area contributed by atoms with Crippen LogP contribution in [-0.4, -0.2) is 21.8 Å². The lowest BCUT2D eigenvalue weighted by Gasteiger charge is -2.30. The number of hydrogen-bond donors (Lipinski definition) is 1. The molecule has 1 aromatic heterocycles. The van der Waals surface area contributed by atoms with Gasteiger partial charge in [0.25, 0.3) is 0 Å². The first kappa shape index (κ1) is 10.3. The maximum Gasteiger partial charge on any atom is 0.316 e. The van der Waals surface area contributed by atoms with Gasteiger partial charge in [-0.15, -0.1) is 11.3 Å². The number of aromatic nitrogens is 1. The van der Waals surface area contributed by atoms with Crippen LogP contribution in [0.5, 0.6) is 0 Å². The minimum absolute atomic E-state index is 0.156. The van der Waals surface area contributed by atoms with Crippen LogP contribution in [0.15, 0.2) is 11.6 Å². The van der Waals surface area contributed by atoms with E-state index in [1.807, 2.05) is 0 Å². The minimum atomic E-state index is -0.915. The van der Waals surface area contributed by atoms with E-state index in [0.29, 0.717) is 30.7 Å². The Bertz CT molecular complexity index is 375. The summed E-state index contributed by atoms with van der Waals surface area (Å²) in [5, 5.41) is 11.7. The lowest BCUT2D eigenvalue weighted by Crippen LogP contribution is -2.39. The Morgan fingerprint density at radius 3 is 2.60 bits per heavy atom. The molecule has 1 N–H and O–H groups in total. The average Bonchev–Trinajstić information content (AvgIpc) is 2.72. The van der Waals surface area contributed by atoms with Gasteiger partial charge in [-0.05, 0) is 12.8 Å². The van der Waals surface area contributed by atoms with E-state index in [-0.39, 0.29) is 5.78 Å². The molecular formula is C10H11NO3S. The summed E-state index contributed by atoms with van der Waals surface area (Å²) in [6, 6.07) is 0. The second-order valence-electron chi connectivity index (χ2n) is 3.76. The van der Waals surface area contributed by atoms with Crippen LogP contribution in [0.25, 0.3) is 0 Å². The normalized spacial score (nSPS) is 20.1. The Morgan fingerprint density at radius 1 is 1.47 bits per heavy atom. The van der Waals surface area contributed by atoms with Crippen molar-refractivity contribution in [1.82, 2.24) is 4.98 Å². The molecule has 1 aromatic rings. The van der Waals surface area contributed by atoms with Gasteiger partial charge in [0.05, 0.1) is 0 Å². The summed E-state index contributed by atoms with van der Waals surface area (Å²) in [6.45, 7) is 0. The van der Waals surface area contributed by atoms with E-state index in [4.69, 9.17) is 0 Å². The van der Waals surface area contributed by atoms with Gasteiger partial charge in [-0.2, -0.15) is 0 Å². The van der Waals surface area contributed by atoms with Crippen LogP contribution in [0.3, 0.4) is 0 Å². The van der Waals surface area contributed by atoms with Crippen LogP contribution in [-0.2, 0) is 15.0 Å². The molecule has 1 fully saturated rings. The zero-order valence-electron chi connectivity index (χ0n) is 8.10. The van der Waals surface area contributed by atoms with Gasteiger partial charge in [0.15, 0.2) is 0 Å². The second kappa shape index (κ2) is 3.73. The van der Waals surface area contributed by atoms with Crippen LogP contribution in [0.4, 0.5) is 0 Å². The van der Waals surface area contributed by atoms with E-state index in [2.05, 4.69) is 4.98 Å². The van der Waals surface area contributed by atoms with Gasteiger partial charge < -0.3 is 5.11 Å². The number of carboxylic acid groups (broad SMARTS) is 1. The van der Waals surface area contributed by atoms with Crippen molar-refractivity contribution in [2.45, 2.75) is 31.1 Å². The fourth-order valence-electron chi connectivity index (χ4n) is 1.93. The summed E-state index contributed by atoms with van der Waals surface area (Å²) in [5.74, 6) is -0.701. The first-order chi connectivity index (χ1) is 7.15. The Morgan fingerprint density at radius 2 is 2.13 bits per heavy atom. The largest absolute Gasteiger partial charge is 0.481 e.